The lowest BCUT2D eigenvalue weighted by atomic mass is 9.78. The van der Waals surface area contributed by atoms with E-state index in [0.717, 1.165) is 32.4 Å². The summed E-state index contributed by atoms with van der Waals surface area (Å²) in [5.74, 6) is 1.85. The number of amides is 1. The fourth-order valence-corrected chi connectivity index (χ4v) is 3.77. The molecule has 94 valence electrons. The van der Waals surface area contributed by atoms with Gasteiger partial charge in [0.05, 0.1) is 0 Å². The Hall–Kier alpha value is -0.830. The Balaban J connectivity index is 1.64. The van der Waals surface area contributed by atoms with Gasteiger partial charge in [-0.3, -0.25) is 4.79 Å². The minimum atomic E-state index is 0.228. The van der Waals surface area contributed by atoms with Crippen molar-refractivity contribution in [3.8, 4) is 0 Å². The normalized spacial score (nSPS) is 37.5. The van der Waals surface area contributed by atoms with Crippen LogP contribution in [0.4, 0.5) is 0 Å². The summed E-state index contributed by atoms with van der Waals surface area (Å²) in [6, 6.07) is 0.327. The van der Waals surface area contributed by atoms with Gasteiger partial charge in [-0.2, -0.15) is 0 Å². The summed E-state index contributed by atoms with van der Waals surface area (Å²) in [6.07, 6.45) is 9.82. The molecule has 0 aromatic heterocycles. The van der Waals surface area contributed by atoms with Gasteiger partial charge in [0.15, 0.2) is 0 Å². The average Bonchev–Trinajstić information content (AvgIpc) is 2.98. The minimum absolute atomic E-state index is 0.228. The highest BCUT2D eigenvalue weighted by molar-refractivity contribution is 5.80. The van der Waals surface area contributed by atoms with E-state index in [9.17, 15) is 4.79 Å². The van der Waals surface area contributed by atoms with E-state index in [2.05, 4.69) is 17.1 Å². The van der Waals surface area contributed by atoms with Crippen molar-refractivity contribution in [2.75, 3.05) is 13.1 Å². The number of rotatable bonds is 1. The maximum Gasteiger partial charge on any atom is 0.226 e. The van der Waals surface area contributed by atoms with E-state index < -0.39 is 0 Å². The van der Waals surface area contributed by atoms with Crippen LogP contribution in [0.25, 0.3) is 0 Å². The predicted octanol–water partition coefficient (Wildman–Crippen LogP) is 1.54. The third-order valence-electron chi connectivity index (χ3n) is 4.82. The molecule has 2 fully saturated rings. The quantitative estimate of drug-likeness (QED) is 0.700. The second-order valence-corrected chi connectivity index (χ2v) is 5.90. The standard InChI is InChI=1S/C14H22N2O/c15-13-7-3-6-11-8-16(9-12(11)13)14(17)10-4-1-2-5-10/h1-2,10-13H,3-9,15H2. The Labute approximate surface area is 103 Å². The van der Waals surface area contributed by atoms with Gasteiger partial charge in [-0.05, 0) is 37.5 Å². The molecule has 2 N–H and O–H groups in total. The lowest BCUT2D eigenvalue weighted by molar-refractivity contribution is -0.134. The zero-order valence-corrected chi connectivity index (χ0v) is 10.3. The van der Waals surface area contributed by atoms with Crippen molar-refractivity contribution >= 4 is 5.91 Å². The van der Waals surface area contributed by atoms with Crippen LogP contribution in [-0.4, -0.2) is 29.9 Å². The molecule has 1 saturated heterocycles. The van der Waals surface area contributed by atoms with Gasteiger partial charge < -0.3 is 10.6 Å². The first kappa shape index (κ1) is 11.3. The smallest absolute Gasteiger partial charge is 0.226 e. The number of fused-ring (bicyclic) bond motifs is 1. The molecule has 3 rings (SSSR count). The van der Waals surface area contributed by atoms with E-state index in [1.54, 1.807) is 0 Å². The van der Waals surface area contributed by atoms with E-state index in [-0.39, 0.29) is 5.92 Å². The topological polar surface area (TPSA) is 46.3 Å². The van der Waals surface area contributed by atoms with E-state index in [1.807, 2.05) is 0 Å². The lowest BCUT2D eigenvalue weighted by Gasteiger charge is -2.29. The van der Waals surface area contributed by atoms with Crippen LogP contribution in [0.5, 0.6) is 0 Å². The molecular weight excluding hydrogens is 212 g/mol. The van der Waals surface area contributed by atoms with Crippen LogP contribution in [-0.2, 0) is 4.79 Å². The summed E-state index contributed by atoms with van der Waals surface area (Å²) in [7, 11) is 0. The maximum absolute atomic E-state index is 12.3. The van der Waals surface area contributed by atoms with Gasteiger partial charge in [0, 0.05) is 25.0 Å². The van der Waals surface area contributed by atoms with Crippen LogP contribution in [0.3, 0.4) is 0 Å². The molecule has 2 aliphatic carbocycles. The molecule has 3 unspecified atom stereocenters. The molecule has 17 heavy (non-hydrogen) atoms. The second-order valence-electron chi connectivity index (χ2n) is 5.90. The Morgan fingerprint density at radius 2 is 1.94 bits per heavy atom. The van der Waals surface area contributed by atoms with Gasteiger partial charge >= 0.3 is 0 Å². The first-order valence-electron chi connectivity index (χ1n) is 6.95. The number of hydrogen-bond acceptors (Lipinski definition) is 2. The highest BCUT2D eigenvalue weighted by atomic mass is 16.2. The number of likely N-dealkylation sites (tertiary alicyclic amines) is 1. The highest BCUT2D eigenvalue weighted by Crippen LogP contribution is 2.36. The van der Waals surface area contributed by atoms with Gasteiger partial charge in [-0.15, -0.1) is 0 Å². The van der Waals surface area contributed by atoms with Crippen LogP contribution in [0.1, 0.15) is 32.1 Å². The van der Waals surface area contributed by atoms with Crippen LogP contribution in [0.15, 0.2) is 12.2 Å². The van der Waals surface area contributed by atoms with Gasteiger partial charge in [-0.1, -0.05) is 18.6 Å². The second kappa shape index (κ2) is 4.45. The molecule has 0 bridgehead atoms. The molecule has 1 aliphatic heterocycles. The van der Waals surface area contributed by atoms with Crippen LogP contribution in [0.2, 0.25) is 0 Å². The third kappa shape index (κ3) is 2.01. The third-order valence-corrected chi connectivity index (χ3v) is 4.82. The number of carbonyl (C=O) groups is 1. The number of allylic oxidation sites excluding steroid dienone is 2. The summed E-state index contributed by atoms with van der Waals surface area (Å²) >= 11 is 0. The molecule has 3 aliphatic rings. The number of nitrogens with zero attached hydrogens (tertiary/aromatic N) is 1. The summed E-state index contributed by atoms with van der Waals surface area (Å²) in [6.45, 7) is 1.88. The molecule has 3 heteroatoms. The summed E-state index contributed by atoms with van der Waals surface area (Å²) < 4.78 is 0. The Morgan fingerprint density at radius 3 is 2.65 bits per heavy atom. The van der Waals surface area contributed by atoms with E-state index >= 15 is 0 Å². The fraction of sp³-hybridized carbons (Fsp3) is 0.786. The lowest BCUT2D eigenvalue weighted by Crippen LogP contribution is -2.39. The van der Waals surface area contributed by atoms with Crippen molar-refractivity contribution in [1.29, 1.82) is 0 Å². The first-order valence-corrected chi connectivity index (χ1v) is 6.95. The molecule has 0 radical (unpaired) electrons. The van der Waals surface area contributed by atoms with Crippen molar-refractivity contribution in [1.82, 2.24) is 4.90 Å². The maximum atomic E-state index is 12.3. The van der Waals surface area contributed by atoms with Gasteiger partial charge in [0.1, 0.15) is 0 Å². The van der Waals surface area contributed by atoms with Gasteiger partial charge in [-0.25, -0.2) is 0 Å². The minimum Gasteiger partial charge on any atom is -0.342 e. The Morgan fingerprint density at radius 1 is 1.18 bits per heavy atom. The van der Waals surface area contributed by atoms with Gasteiger partial charge in [0.2, 0.25) is 5.91 Å². The predicted molar refractivity (Wildman–Crippen MR) is 67.3 cm³/mol. The monoisotopic (exact) mass is 234 g/mol. The first-order chi connectivity index (χ1) is 8.25. The highest BCUT2D eigenvalue weighted by Gasteiger charge is 2.41. The molecule has 0 spiro atoms. The molecule has 3 nitrogen and oxygen atoms in total. The summed E-state index contributed by atoms with van der Waals surface area (Å²) in [5.41, 5.74) is 6.19. The molecular formula is C14H22N2O. The Kier molecular flexibility index (Phi) is 2.95. The number of hydrogen-bond donors (Lipinski definition) is 1. The molecule has 1 amide bonds. The average molecular weight is 234 g/mol. The molecule has 3 atom stereocenters. The molecule has 1 saturated carbocycles. The van der Waals surface area contributed by atoms with Crippen molar-refractivity contribution in [3.05, 3.63) is 12.2 Å². The number of carbonyl (C=O) groups excluding carboxylic acids is 1. The van der Waals surface area contributed by atoms with Crippen molar-refractivity contribution < 1.29 is 4.79 Å². The van der Waals surface area contributed by atoms with E-state index in [0.29, 0.717) is 23.8 Å². The summed E-state index contributed by atoms with van der Waals surface area (Å²) in [4.78, 5) is 14.4. The SMILES string of the molecule is NC1CCCC2CN(C(=O)C3CC=CC3)CC12. The molecule has 0 aromatic carbocycles. The van der Waals surface area contributed by atoms with Crippen molar-refractivity contribution in [3.63, 3.8) is 0 Å². The van der Waals surface area contributed by atoms with Crippen LogP contribution < -0.4 is 5.73 Å². The molecule has 0 aromatic rings. The summed E-state index contributed by atoms with van der Waals surface area (Å²) in [5, 5.41) is 0. The van der Waals surface area contributed by atoms with Gasteiger partial charge in [0.25, 0.3) is 0 Å². The zero-order chi connectivity index (χ0) is 11.8. The van der Waals surface area contributed by atoms with Crippen molar-refractivity contribution in [2.45, 2.75) is 38.1 Å². The largest absolute Gasteiger partial charge is 0.342 e. The molecule has 1 heterocycles. The van der Waals surface area contributed by atoms with E-state index in [4.69, 9.17) is 5.73 Å². The Bertz CT molecular complexity index is 331. The fourth-order valence-electron chi connectivity index (χ4n) is 3.77. The zero-order valence-electron chi connectivity index (χ0n) is 10.3. The van der Waals surface area contributed by atoms with Crippen molar-refractivity contribution in [2.24, 2.45) is 23.5 Å². The van der Waals surface area contributed by atoms with Crippen LogP contribution in [0, 0.1) is 17.8 Å². The van der Waals surface area contributed by atoms with E-state index in [1.165, 1.54) is 12.8 Å². The number of nitrogens with two attached hydrogens (primary N) is 1. The van der Waals surface area contributed by atoms with Crippen LogP contribution >= 0.6 is 0 Å².